The lowest BCUT2D eigenvalue weighted by atomic mass is 10.2. The van der Waals surface area contributed by atoms with E-state index < -0.39 is 0 Å². The summed E-state index contributed by atoms with van der Waals surface area (Å²) in [6.45, 7) is 7.31. The van der Waals surface area contributed by atoms with Crippen molar-refractivity contribution in [2.24, 2.45) is 5.73 Å². The standard InChI is InChI=1S/C10H22N2O2/c1-5-9(10(11)13)12(4)6-7-14-8(2)3/h8-9H,5-7H2,1-4H3,(H2,11,13). The van der Waals surface area contributed by atoms with E-state index in [4.69, 9.17) is 10.5 Å². The minimum atomic E-state index is -0.264. The van der Waals surface area contributed by atoms with Crippen LogP contribution in [0.5, 0.6) is 0 Å². The molecule has 84 valence electrons. The van der Waals surface area contributed by atoms with Crippen molar-refractivity contribution in [1.82, 2.24) is 4.90 Å². The van der Waals surface area contributed by atoms with Gasteiger partial charge in [-0.15, -0.1) is 0 Å². The summed E-state index contributed by atoms with van der Waals surface area (Å²) in [7, 11) is 1.89. The Morgan fingerprint density at radius 2 is 2.07 bits per heavy atom. The van der Waals surface area contributed by atoms with E-state index in [0.717, 1.165) is 13.0 Å². The Bertz CT molecular complexity index is 172. The number of nitrogens with two attached hydrogens (primary N) is 1. The second kappa shape index (κ2) is 6.79. The van der Waals surface area contributed by atoms with Crippen molar-refractivity contribution in [2.75, 3.05) is 20.2 Å². The van der Waals surface area contributed by atoms with Crippen LogP contribution in [0.25, 0.3) is 0 Å². The van der Waals surface area contributed by atoms with Crippen molar-refractivity contribution in [1.29, 1.82) is 0 Å². The molecule has 0 aromatic rings. The Morgan fingerprint density at radius 1 is 1.50 bits per heavy atom. The summed E-state index contributed by atoms with van der Waals surface area (Å²) in [5.74, 6) is -0.264. The number of ether oxygens (including phenoxy) is 1. The number of amides is 1. The second-order valence-corrected chi connectivity index (χ2v) is 3.73. The number of nitrogens with zero attached hydrogens (tertiary/aromatic N) is 1. The lowest BCUT2D eigenvalue weighted by molar-refractivity contribution is -0.123. The number of hydrogen-bond acceptors (Lipinski definition) is 3. The largest absolute Gasteiger partial charge is 0.377 e. The van der Waals surface area contributed by atoms with Gasteiger partial charge in [-0.3, -0.25) is 9.69 Å². The Kier molecular flexibility index (Phi) is 6.49. The predicted molar refractivity (Wildman–Crippen MR) is 57.0 cm³/mol. The van der Waals surface area contributed by atoms with Crippen LogP contribution in [-0.2, 0) is 9.53 Å². The van der Waals surface area contributed by atoms with Crippen molar-refractivity contribution in [3.63, 3.8) is 0 Å². The molecule has 0 aliphatic heterocycles. The molecule has 0 aromatic heterocycles. The zero-order valence-electron chi connectivity index (χ0n) is 9.62. The molecule has 0 saturated carbocycles. The molecule has 0 bridgehead atoms. The molecule has 0 aliphatic carbocycles. The van der Waals surface area contributed by atoms with Gasteiger partial charge in [-0.25, -0.2) is 0 Å². The number of rotatable bonds is 7. The molecule has 1 unspecified atom stereocenters. The molecular weight excluding hydrogens is 180 g/mol. The number of carbonyl (C=O) groups excluding carboxylic acids is 1. The number of carbonyl (C=O) groups is 1. The van der Waals surface area contributed by atoms with Crippen molar-refractivity contribution in [3.8, 4) is 0 Å². The third kappa shape index (κ3) is 5.19. The van der Waals surface area contributed by atoms with Gasteiger partial charge in [-0.05, 0) is 27.3 Å². The maximum atomic E-state index is 11.0. The van der Waals surface area contributed by atoms with E-state index in [1.54, 1.807) is 0 Å². The number of primary amides is 1. The SMILES string of the molecule is CCC(C(N)=O)N(C)CCOC(C)C. The van der Waals surface area contributed by atoms with Gasteiger partial charge in [0.05, 0.1) is 18.8 Å². The first-order chi connectivity index (χ1) is 6.49. The van der Waals surface area contributed by atoms with E-state index in [9.17, 15) is 4.79 Å². The molecule has 0 rings (SSSR count). The topological polar surface area (TPSA) is 55.6 Å². The quantitative estimate of drug-likeness (QED) is 0.658. The van der Waals surface area contributed by atoms with Gasteiger partial charge in [-0.1, -0.05) is 6.92 Å². The van der Waals surface area contributed by atoms with Crippen LogP contribution in [0.1, 0.15) is 27.2 Å². The third-order valence-electron chi connectivity index (χ3n) is 2.14. The molecule has 0 aromatic carbocycles. The summed E-state index contributed by atoms with van der Waals surface area (Å²) in [4.78, 5) is 12.9. The summed E-state index contributed by atoms with van der Waals surface area (Å²) < 4.78 is 5.39. The molecular formula is C10H22N2O2. The molecule has 0 spiro atoms. The number of likely N-dealkylation sites (N-methyl/N-ethyl adjacent to an activating group) is 1. The molecule has 1 atom stereocenters. The van der Waals surface area contributed by atoms with Gasteiger partial charge in [-0.2, -0.15) is 0 Å². The smallest absolute Gasteiger partial charge is 0.234 e. The van der Waals surface area contributed by atoms with Crippen molar-refractivity contribution in [2.45, 2.75) is 39.3 Å². The second-order valence-electron chi connectivity index (χ2n) is 3.73. The molecule has 4 nitrogen and oxygen atoms in total. The predicted octanol–water partition coefficient (Wildman–Crippen LogP) is 0.607. The van der Waals surface area contributed by atoms with E-state index in [1.807, 2.05) is 32.7 Å². The van der Waals surface area contributed by atoms with Gasteiger partial charge >= 0.3 is 0 Å². The normalized spacial score (nSPS) is 13.6. The zero-order valence-corrected chi connectivity index (χ0v) is 9.62. The lowest BCUT2D eigenvalue weighted by Crippen LogP contribution is -2.43. The van der Waals surface area contributed by atoms with Crippen LogP contribution in [0.2, 0.25) is 0 Å². The molecule has 0 fully saturated rings. The lowest BCUT2D eigenvalue weighted by Gasteiger charge is -2.24. The van der Waals surface area contributed by atoms with E-state index in [0.29, 0.717) is 6.61 Å². The molecule has 4 heteroatoms. The average Bonchev–Trinajstić information content (AvgIpc) is 2.03. The summed E-state index contributed by atoms with van der Waals surface area (Å²) in [6.07, 6.45) is 0.977. The highest BCUT2D eigenvalue weighted by Crippen LogP contribution is 2.00. The zero-order chi connectivity index (χ0) is 11.1. The minimum Gasteiger partial charge on any atom is -0.377 e. The van der Waals surface area contributed by atoms with Crippen LogP contribution in [0, 0.1) is 0 Å². The van der Waals surface area contributed by atoms with Crippen LogP contribution in [0.15, 0.2) is 0 Å². The van der Waals surface area contributed by atoms with Gasteiger partial charge in [0.25, 0.3) is 0 Å². The fraction of sp³-hybridized carbons (Fsp3) is 0.900. The molecule has 2 N–H and O–H groups in total. The first-order valence-electron chi connectivity index (χ1n) is 5.10. The summed E-state index contributed by atoms with van der Waals surface area (Å²) in [6, 6.07) is -0.175. The molecule has 0 aliphatic rings. The van der Waals surface area contributed by atoms with E-state index in [-0.39, 0.29) is 18.1 Å². The Morgan fingerprint density at radius 3 is 2.43 bits per heavy atom. The van der Waals surface area contributed by atoms with E-state index in [2.05, 4.69) is 0 Å². The molecule has 0 saturated heterocycles. The Labute approximate surface area is 86.4 Å². The maximum absolute atomic E-state index is 11.0. The average molecular weight is 202 g/mol. The molecule has 14 heavy (non-hydrogen) atoms. The van der Waals surface area contributed by atoms with Gasteiger partial charge in [0.15, 0.2) is 0 Å². The van der Waals surface area contributed by atoms with Crippen LogP contribution in [0.4, 0.5) is 0 Å². The summed E-state index contributed by atoms with van der Waals surface area (Å²) >= 11 is 0. The van der Waals surface area contributed by atoms with Gasteiger partial charge in [0.2, 0.25) is 5.91 Å². The monoisotopic (exact) mass is 202 g/mol. The first-order valence-corrected chi connectivity index (χ1v) is 5.10. The van der Waals surface area contributed by atoms with Crippen LogP contribution in [-0.4, -0.2) is 43.2 Å². The Balaban J connectivity index is 3.81. The van der Waals surface area contributed by atoms with Crippen LogP contribution < -0.4 is 5.73 Å². The molecule has 0 radical (unpaired) electrons. The summed E-state index contributed by atoms with van der Waals surface area (Å²) in [5.41, 5.74) is 5.26. The van der Waals surface area contributed by atoms with Crippen molar-refractivity contribution < 1.29 is 9.53 Å². The fourth-order valence-corrected chi connectivity index (χ4v) is 1.32. The highest BCUT2D eigenvalue weighted by atomic mass is 16.5. The van der Waals surface area contributed by atoms with E-state index >= 15 is 0 Å². The first kappa shape index (κ1) is 13.4. The van der Waals surface area contributed by atoms with Crippen LogP contribution in [0.3, 0.4) is 0 Å². The third-order valence-corrected chi connectivity index (χ3v) is 2.14. The van der Waals surface area contributed by atoms with Gasteiger partial charge in [0.1, 0.15) is 0 Å². The Hall–Kier alpha value is -0.610. The van der Waals surface area contributed by atoms with Gasteiger partial charge < -0.3 is 10.5 Å². The molecule has 0 heterocycles. The maximum Gasteiger partial charge on any atom is 0.234 e. The van der Waals surface area contributed by atoms with Gasteiger partial charge in [0, 0.05) is 6.54 Å². The summed E-state index contributed by atoms with van der Waals surface area (Å²) in [5, 5.41) is 0. The van der Waals surface area contributed by atoms with Crippen molar-refractivity contribution in [3.05, 3.63) is 0 Å². The fourth-order valence-electron chi connectivity index (χ4n) is 1.32. The minimum absolute atomic E-state index is 0.175. The van der Waals surface area contributed by atoms with Crippen LogP contribution >= 0.6 is 0 Å². The highest BCUT2D eigenvalue weighted by Gasteiger charge is 2.17. The van der Waals surface area contributed by atoms with E-state index in [1.165, 1.54) is 0 Å². The number of hydrogen-bond donors (Lipinski definition) is 1. The van der Waals surface area contributed by atoms with Crippen molar-refractivity contribution >= 4 is 5.91 Å². The highest BCUT2D eigenvalue weighted by molar-refractivity contribution is 5.79. The molecule has 1 amide bonds.